The molecule has 1 fully saturated rings. The molecular weight excluding hydrogens is 343 g/mol. The molecule has 0 unspecified atom stereocenters. The predicted molar refractivity (Wildman–Crippen MR) is 97.8 cm³/mol. The van der Waals surface area contributed by atoms with E-state index in [9.17, 15) is 14.9 Å². The highest BCUT2D eigenvalue weighted by molar-refractivity contribution is 8.01. The van der Waals surface area contributed by atoms with Gasteiger partial charge < -0.3 is 24.8 Å². The van der Waals surface area contributed by atoms with Crippen molar-refractivity contribution in [3.8, 4) is 11.5 Å². The lowest BCUT2D eigenvalue weighted by Gasteiger charge is -2.30. The van der Waals surface area contributed by atoms with Gasteiger partial charge in [-0.05, 0) is 18.1 Å². The van der Waals surface area contributed by atoms with Gasteiger partial charge in [0.25, 0.3) is 0 Å². The Labute approximate surface area is 151 Å². The van der Waals surface area contributed by atoms with Crippen LogP contribution in [0.3, 0.4) is 0 Å². The molecular formula is C16H23BN2O5S. The fraction of sp³-hybridized carbons (Fsp3) is 0.562. The first-order chi connectivity index (χ1) is 12.1. The number of carbonyl (C=O) groups is 1. The Kier molecular flexibility index (Phi) is 6.11. The van der Waals surface area contributed by atoms with Gasteiger partial charge in [0.05, 0.1) is 12.3 Å². The van der Waals surface area contributed by atoms with Gasteiger partial charge in [-0.1, -0.05) is 6.07 Å². The van der Waals surface area contributed by atoms with Gasteiger partial charge in [0.15, 0.2) is 0 Å². The van der Waals surface area contributed by atoms with Gasteiger partial charge >= 0.3 is 13.1 Å². The summed E-state index contributed by atoms with van der Waals surface area (Å²) in [5.41, 5.74) is 0.770. The smallest absolute Gasteiger partial charge is 0.534 e. The van der Waals surface area contributed by atoms with Crippen molar-refractivity contribution < 1.29 is 24.3 Å². The summed E-state index contributed by atoms with van der Waals surface area (Å²) in [5, 5.41) is 23.0. The predicted octanol–water partition coefficient (Wildman–Crippen LogP) is 0.355. The van der Waals surface area contributed by atoms with Gasteiger partial charge in [-0.15, -0.1) is 0 Å². The second kappa shape index (κ2) is 8.31. The average Bonchev–Trinajstić information content (AvgIpc) is 2.62. The van der Waals surface area contributed by atoms with Crippen molar-refractivity contribution in [1.29, 1.82) is 0 Å². The van der Waals surface area contributed by atoms with Crippen LogP contribution in [0.25, 0.3) is 0 Å². The Bertz CT molecular complexity index is 627. The summed E-state index contributed by atoms with van der Waals surface area (Å²) < 4.78 is 10.7. The van der Waals surface area contributed by atoms with Crippen LogP contribution in [0, 0.1) is 0 Å². The second-order valence-electron chi connectivity index (χ2n) is 6.15. The molecule has 7 nitrogen and oxygen atoms in total. The minimum Gasteiger partial charge on any atom is -0.534 e. The minimum absolute atomic E-state index is 0.0247. The van der Waals surface area contributed by atoms with Crippen LogP contribution in [-0.2, 0) is 6.42 Å². The summed E-state index contributed by atoms with van der Waals surface area (Å²) in [6, 6.07) is 3.46. The number of nitrogens with zero attached hydrogens (tertiary/aromatic N) is 1. The molecule has 9 heteroatoms. The van der Waals surface area contributed by atoms with Crippen LogP contribution in [0.15, 0.2) is 12.1 Å². The summed E-state index contributed by atoms with van der Waals surface area (Å²) in [7, 11) is 0.396. The van der Waals surface area contributed by atoms with Crippen LogP contribution in [0.5, 0.6) is 11.5 Å². The maximum atomic E-state index is 11.5. The molecule has 0 radical (unpaired) electrons. The van der Waals surface area contributed by atoms with E-state index in [0.717, 1.165) is 44.0 Å². The number of hydrogen-bond acceptors (Lipinski definition) is 7. The SMILES string of the molecule is COc1ccc2c(c1C(=O)O)OB(O)[C@@H](SCCN1CCNCC1)C2. The molecule has 3 N–H and O–H groups in total. The fourth-order valence-corrected chi connectivity index (χ4v) is 4.38. The zero-order chi connectivity index (χ0) is 17.8. The first-order valence-electron chi connectivity index (χ1n) is 8.42. The molecule has 2 heterocycles. The molecule has 0 spiro atoms. The molecule has 0 aliphatic carbocycles. The van der Waals surface area contributed by atoms with Crippen LogP contribution >= 0.6 is 11.8 Å². The van der Waals surface area contributed by atoms with E-state index >= 15 is 0 Å². The van der Waals surface area contributed by atoms with Crippen LogP contribution in [-0.4, -0.2) is 78.9 Å². The molecule has 1 saturated heterocycles. The first-order valence-corrected chi connectivity index (χ1v) is 9.47. The van der Waals surface area contributed by atoms with E-state index in [1.54, 1.807) is 17.8 Å². The zero-order valence-electron chi connectivity index (χ0n) is 14.2. The third-order valence-electron chi connectivity index (χ3n) is 4.56. The monoisotopic (exact) mass is 366 g/mol. The topological polar surface area (TPSA) is 91.3 Å². The van der Waals surface area contributed by atoms with Gasteiger partial charge in [0, 0.05) is 38.5 Å². The van der Waals surface area contributed by atoms with Crippen molar-refractivity contribution in [3.05, 3.63) is 23.3 Å². The molecule has 0 bridgehead atoms. The van der Waals surface area contributed by atoms with Crippen molar-refractivity contribution in [1.82, 2.24) is 10.2 Å². The number of methoxy groups -OCH3 is 1. The fourth-order valence-electron chi connectivity index (χ4n) is 3.20. The van der Waals surface area contributed by atoms with Crippen molar-refractivity contribution in [3.63, 3.8) is 0 Å². The Morgan fingerprint density at radius 2 is 2.24 bits per heavy atom. The number of carboxylic acids is 1. The Morgan fingerprint density at radius 3 is 2.92 bits per heavy atom. The molecule has 1 atom stereocenters. The Hall–Kier alpha value is -1.42. The van der Waals surface area contributed by atoms with E-state index in [-0.39, 0.29) is 22.2 Å². The molecule has 2 aliphatic rings. The Balaban J connectivity index is 1.64. The largest absolute Gasteiger partial charge is 0.536 e. The summed E-state index contributed by atoms with van der Waals surface area (Å²) in [6.45, 7) is 5.12. The highest BCUT2D eigenvalue weighted by atomic mass is 32.2. The summed E-state index contributed by atoms with van der Waals surface area (Å²) in [4.78, 5) is 13.9. The van der Waals surface area contributed by atoms with Crippen molar-refractivity contribution >= 4 is 24.8 Å². The van der Waals surface area contributed by atoms with Crippen molar-refractivity contribution in [2.75, 3.05) is 45.6 Å². The first kappa shape index (κ1) is 18.4. The number of nitrogens with one attached hydrogen (secondary N) is 1. The summed E-state index contributed by atoms with van der Waals surface area (Å²) in [6.07, 6.45) is 0.576. The number of aromatic carboxylic acids is 1. The van der Waals surface area contributed by atoms with Gasteiger partial charge in [-0.2, -0.15) is 11.8 Å². The van der Waals surface area contributed by atoms with Crippen LogP contribution in [0.4, 0.5) is 0 Å². The Morgan fingerprint density at radius 1 is 1.48 bits per heavy atom. The number of fused-ring (bicyclic) bond motifs is 1. The summed E-state index contributed by atoms with van der Waals surface area (Å²) in [5.74, 6) is 0.245. The lowest BCUT2D eigenvalue weighted by atomic mass is 9.77. The van der Waals surface area contributed by atoms with Crippen LogP contribution in [0.2, 0.25) is 0 Å². The number of carboxylic acid groups (broad SMARTS) is 1. The van der Waals surface area contributed by atoms with Crippen molar-refractivity contribution in [2.24, 2.45) is 0 Å². The number of benzene rings is 1. The molecule has 0 aromatic heterocycles. The van der Waals surface area contributed by atoms with Crippen molar-refractivity contribution in [2.45, 2.75) is 11.6 Å². The number of hydrogen-bond donors (Lipinski definition) is 3. The minimum atomic E-state index is -1.12. The van der Waals surface area contributed by atoms with E-state index in [4.69, 9.17) is 9.39 Å². The van der Waals surface area contributed by atoms with E-state index in [1.807, 2.05) is 6.07 Å². The van der Waals surface area contributed by atoms with Gasteiger partial charge in [-0.25, -0.2) is 4.79 Å². The molecule has 0 saturated carbocycles. The molecule has 2 aliphatic heterocycles. The zero-order valence-corrected chi connectivity index (χ0v) is 15.1. The quantitative estimate of drug-likeness (QED) is 0.622. The van der Waals surface area contributed by atoms with E-state index in [2.05, 4.69) is 10.2 Å². The normalized spacial score (nSPS) is 20.7. The number of thioether (sulfide) groups is 1. The highest BCUT2D eigenvalue weighted by Gasteiger charge is 2.38. The third kappa shape index (κ3) is 4.23. The number of piperazine rings is 1. The molecule has 3 rings (SSSR count). The van der Waals surface area contributed by atoms with E-state index < -0.39 is 13.1 Å². The van der Waals surface area contributed by atoms with Gasteiger partial charge in [-0.3, -0.25) is 4.90 Å². The van der Waals surface area contributed by atoms with E-state index in [1.165, 1.54) is 7.11 Å². The highest BCUT2D eigenvalue weighted by Crippen LogP contribution is 2.38. The van der Waals surface area contributed by atoms with E-state index in [0.29, 0.717) is 6.42 Å². The molecule has 25 heavy (non-hydrogen) atoms. The summed E-state index contributed by atoms with van der Waals surface area (Å²) >= 11 is 1.67. The van der Waals surface area contributed by atoms with Crippen LogP contribution < -0.4 is 14.7 Å². The number of rotatable bonds is 6. The number of ether oxygens (including phenoxy) is 1. The lowest BCUT2D eigenvalue weighted by molar-refractivity contribution is 0.0690. The van der Waals surface area contributed by atoms with Crippen LogP contribution in [0.1, 0.15) is 15.9 Å². The van der Waals surface area contributed by atoms with Gasteiger partial charge in [0.1, 0.15) is 17.1 Å². The molecule has 1 aromatic rings. The lowest BCUT2D eigenvalue weighted by Crippen LogP contribution is -2.45. The maximum absolute atomic E-state index is 11.5. The maximum Gasteiger partial charge on any atom is 0.536 e. The molecule has 136 valence electrons. The average molecular weight is 366 g/mol. The standard InChI is InChI=1S/C16H23BN2O5S/c1-23-12-3-2-11-10-13(17(22)24-15(11)14(12)16(20)21)25-9-8-19-6-4-18-5-7-19/h2-3,13,18,22H,4-10H2,1H3,(H,20,21)/t13-/m0/s1. The second-order valence-corrected chi connectivity index (χ2v) is 7.50. The third-order valence-corrected chi connectivity index (χ3v) is 5.81. The molecule has 0 amide bonds. The molecule has 1 aromatic carbocycles. The van der Waals surface area contributed by atoms with Gasteiger partial charge in [0.2, 0.25) is 0 Å².